The maximum Gasteiger partial charge on any atom is 0.339 e. The van der Waals surface area contributed by atoms with Crippen molar-refractivity contribution in [3.63, 3.8) is 0 Å². The number of hydrogen-bond acceptors (Lipinski definition) is 6. The Bertz CT molecular complexity index is 801. The van der Waals surface area contributed by atoms with Crippen LogP contribution in [0, 0.1) is 0 Å². The van der Waals surface area contributed by atoms with Crippen LogP contribution in [0.2, 0.25) is 0 Å². The molecule has 8 nitrogen and oxygen atoms in total. The van der Waals surface area contributed by atoms with Gasteiger partial charge in [0.05, 0.1) is 5.56 Å². The average molecular weight is 333 g/mol. The lowest BCUT2D eigenvalue weighted by Crippen LogP contribution is -2.25. The van der Waals surface area contributed by atoms with Gasteiger partial charge in [-0.15, -0.1) is 0 Å². The van der Waals surface area contributed by atoms with E-state index in [1.807, 2.05) is 0 Å². The van der Waals surface area contributed by atoms with Gasteiger partial charge in [-0.25, -0.2) is 4.79 Å². The van der Waals surface area contributed by atoms with Crippen LogP contribution < -0.4 is 5.32 Å². The van der Waals surface area contributed by atoms with E-state index in [-0.39, 0.29) is 23.6 Å². The van der Waals surface area contributed by atoms with Crippen molar-refractivity contribution in [2.75, 3.05) is 6.54 Å². The molecular weight excluding hydrogens is 318 g/mol. The van der Waals surface area contributed by atoms with Gasteiger partial charge in [-0.2, -0.15) is 0 Å². The molecule has 0 fully saturated rings. The number of carbonyl (C=O) groups excluding carboxylic acids is 1. The molecule has 0 aliphatic rings. The summed E-state index contributed by atoms with van der Waals surface area (Å²) in [6.45, 7) is 0.157. The molecule has 2 aromatic carbocycles. The van der Waals surface area contributed by atoms with Gasteiger partial charge in [0.25, 0.3) is 5.91 Å². The van der Waals surface area contributed by atoms with Gasteiger partial charge in [-0.1, -0.05) is 6.07 Å². The zero-order valence-electron chi connectivity index (χ0n) is 12.4. The number of aromatic carboxylic acids is 1. The molecule has 8 heteroatoms. The number of benzene rings is 2. The van der Waals surface area contributed by atoms with Crippen molar-refractivity contribution in [1.29, 1.82) is 0 Å². The molecule has 0 saturated heterocycles. The molecule has 0 aliphatic heterocycles. The van der Waals surface area contributed by atoms with Crippen LogP contribution in [0.25, 0.3) is 0 Å². The number of hydrogen-bond donors (Lipinski definition) is 6. The lowest BCUT2D eigenvalue weighted by atomic mass is 10.1. The summed E-state index contributed by atoms with van der Waals surface area (Å²) in [4.78, 5) is 22.8. The average Bonchev–Trinajstić information content (AvgIpc) is 2.52. The summed E-state index contributed by atoms with van der Waals surface area (Å²) in [5, 5.41) is 49.2. The van der Waals surface area contributed by atoms with E-state index in [1.165, 1.54) is 12.1 Å². The van der Waals surface area contributed by atoms with Gasteiger partial charge in [-0.05, 0) is 36.2 Å². The highest BCUT2D eigenvalue weighted by atomic mass is 16.4. The van der Waals surface area contributed by atoms with E-state index >= 15 is 0 Å². The Morgan fingerprint density at radius 2 is 1.46 bits per heavy atom. The molecule has 0 unspecified atom stereocenters. The van der Waals surface area contributed by atoms with Crippen LogP contribution in [-0.2, 0) is 6.42 Å². The first-order valence-corrected chi connectivity index (χ1v) is 6.88. The molecule has 0 saturated carbocycles. The highest BCUT2D eigenvalue weighted by molar-refractivity contribution is 6.00. The van der Waals surface area contributed by atoms with E-state index in [4.69, 9.17) is 5.11 Å². The fourth-order valence-corrected chi connectivity index (χ4v) is 2.07. The second-order valence-corrected chi connectivity index (χ2v) is 5.02. The van der Waals surface area contributed by atoms with Gasteiger partial charge in [0.2, 0.25) is 0 Å². The van der Waals surface area contributed by atoms with Crippen molar-refractivity contribution in [1.82, 2.24) is 5.32 Å². The molecule has 0 aliphatic carbocycles. The number of carboxylic acid groups (broad SMARTS) is 1. The molecule has 0 spiro atoms. The summed E-state index contributed by atoms with van der Waals surface area (Å²) in [6, 6.07) is 5.92. The second-order valence-electron chi connectivity index (χ2n) is 5.02. The standard InChI is InChI=1S/C16H15NO7/c18-11-2-1-8(5-14(11)21)3-4-17-15(22)9-6-13(20)10(16(23)24)7-12(9)19/h1-2,5-7,18-21H,3-4H2,(H,17,22)(H,23,24). The van der Waals surface area contributed by atoms with Gasteiger partial charge in [0.15, 0.2) is 11.5 Å². The lowest BCUT2D eigenvalue weighted by molar-refractivity contribution is 0.0692. The molecule has 2 aromatic rings. The predicted molar refractivity (Wildman–Crippen MR) is 82.5 cm³/mol. The molecule has 0 aromatic heterocycles. The van der Waals surface area contributed by atoms with Crippen LogP contribution in [0.1, 0.15) is 26.3 Å². The van der Waals surface area contributed by atoms with Crippen LogP contribution >= 0.6 is 0 Å². The smallest absolute Gasteiger partial charge is 0.339 e. The number of amides is 1. The Morgan fingerprint density at radius 3 is 2.08 bits per heavy atom. The molecule has 0 atom stereocenters. The summed E-state index contributed by atoms with van der Waals surface area (Å²) >= 11 is 0. The van der Waals surface area contributed by atoms with Gasteiger partial charge < -0.3 is 30.8 Å². The number of rotatable bonds is 5. The highest BCUT2D eigenvalue weighted by Gasteiger charge is 2.18. The Balaban J connectivity index is 2.03. The zero-order chi connectivity index (χ0) is 17.9. The maximum atomic E-state index is 12.0. The predicted octanol–water partition coefficient (Wildman–Crippen LogP) is 1.18. The van der Waals surface area contributed by atoms with Crippen LogP contribution in [0.3, 0.4) is 0 Å². The van der Waals surface area contributed by atoms with E-state index in [1.54, 1.807) is 6.07 Å². The summed E-state index contributed by atoms with van der Waals surface area (Å²) in [5.41, 5.74) is -0.103. The molecule has 24 heavy (non-hydrogen) atoms. The molecule has 0 heterocycles. The quantitative estimate of drug-likeness (QED) is 0.355. The number of carbonyl (C=O) groups is 2. The van der Waals surface area contributed by atoms with E-state index in [2.05, 4.69) is 5.32 Å². The minimum Gasteiger partial charge on any atom is -0.507 e. The Morgan fingerprint density at radius 1 is 0.833 bits per heavy atom. The maximum absolute atomic E-state index is 12.0. The molecule has 0 radical (unpaired) electrons. The Hall–Kier alpha value is -3.42. The van der Waals surface area contributed by atoms with Crippen LogP contribution in [-0.4, -0.2) is 44.0 Å². The lowest BCUT2D eigenvalue weighted by Gasteiger charge is -2.09. The Labute approximate surface area is 136 Å². The minimum absolute atomic E-state index is 0.157. The normalized spacial score (nSPS) is 10.3. The third kappa shape index (κ3) is 3.67. The first-order valence-electron chi connectivity index (χ1n) is 6.88. The van der Waals surface area contributed by atoms with Crippen LogP contribution in [0.4, 0.5) is 0 Å². The highest BCUT2D eigenvalue weighted by Crippen LogP contribution is 2.27. The number of nitrogens with one attached hydrogen (secondary N) is 1. The number of aromatic hydroxyl groups is 4. The van der Waals surface area contributed by atoms with Crippen LogP contribution in [0.15, 0.2) is 30.3 Å². The van der Waals surface area contributed by atoms with Gasteiger partial charge in [0, 0.05) is 6.54 Å². The number of phenolic OH excluding ortho intramolecular Hbond substituents is 3. The first kappa shape index (κ1) is 16.9. The third-order valence-electron chi connectivity index (χ3n) is 3.33. The monoisotopic (exact) mass is 333 g/mol. The van der Waals surface area contributed by atoms with Gasteiger partial charge >= 0.3 is 5.97 Å². The van der Waals surface area contributed by atoms with E-state index in [9.17, 15) is 30.0 Å². The van der Waals surface area contributed by atoms with Crippen molar-refractivity contribution < 1.29 is 35.1 Å². The molecule has 1 amide bonds. The summed E-state index contributed by atoms with van der Waals surface area (Å²) < 4.78 is 0. The minimum atomic E-state index is -1.43. The fourth-order valence-electron chi connectivity index (χ4n) is 2.07. The molecule has 126 valence electrons. The second kappa shape index (κ2) is 6.78. The molecule has 2 rings (SSSR count). The van der Waals surface area contributed by atoms with Crippen molar-refractivity contribution in [3.05, 3.63) is 47.0 Å². The summed E-state index contributed by atoms with van der Waals surface area (Å²) in [7, 11) is 0. The first-order chi connectivity index (χ1) is 11.3. The molecule has 6 N–H and O–H groups in total. The van der Waals surface area contributed by atoms with E-state index in [0.29, 0.717) is 12.0 Å². The van der Waals surface area contributed by atoms with E-state index < -0.39 is 28.9 Å². The molecule has 0 bridgehead atoms. The van der Waals surface area contributed by atoms with Crippen LogP contribution in [0.5, 0.6) is 23.0 Å². The topological polar surface area (TPSA) is 147 Å². The van der Waals surface area contributed by atoms with E-state index in [0.717, 1.165) is 12.1 Å². The van der Waals surface area contributed by atoms with Crippen molar-refractivity contribution in [2.24, 2.45) is 0 Å². The number of phenols is 4. The Kier molecular flexibility index (Phi) is 4.78. The number of carboxylic acids is 1. The van der Waals surface area contributed by atoms with Gasteiger partial charge in [0.1, 0.15) is 17.1 Å². The van der Waals surface area contributed by atoms with Crippen molar-refractivity contribution in [2.45, 2.75) is 6.42 Å². The largest absolute Gasteiger partial charge is 0.507 e. The SMILES string of the molecule is O=C(O)c1cc(O)c(C(=O)NCCc2ccc(O)c(O)c2)cc1O. The third-order valence-corrected chi connectivity index (χ3v) is 3.33. The van der Waals surface area contributed by atoms with Crippen molar-refractivity contribution in [3.8, 4) is 23.0 Å². The summed E-state index contributed by atoms with van der Waals surface area (Å²) in [5.74, 6) is -3.84. The molecular formula is C16H15NO7. The fraction of sp³-hybridized carbons (Fsp3) is 0.125. The van der Waals surface area contributed by atoms with Crippen molar-refractivity contribution >= 4 is 11.9 Å². The van der Waals surface area contributed by atoms with Gasteiger partial charge in [-0.3, -0.25) is 4.79 Å². The summed E-state index contributed by atoms with van der Waals surface area (Å²) in [6.07, 6.45) is 0.347. The zero-order valence-corrected chi connectivity index (χ0v) is 12.4.